The Hall–Kier alpha value is -2.64. The molecule has 2 aromatic heterocycles. The molecular weight excluding hydrogens is 381 g/mol. The molecule has 0 bridgehead atoms. The number of morpholine rings is 1. The fraction of sp³-hybridized carbons (Fsp3) is 0.435. The van der Waals surface area contributed by atoms with E-state index in [4.69, 9.17) is 15.5 Å². The van der Waals surface area contributed by atoms with Crippen LogP contribution >= 0.6 is 0 Å². The van der Waals surface area contributed by atoms with Gasteiger partial charge in [-0.3, -0.25) is 9.88 Å². The van der Waals surface area contributed by atoms with Crippen LogP contribution in [0.2, 0.25) is 0 Å². The van der Waals surface area contributed by atoms with Crippen molar-refractivity contribution in [2.45, 2.75) is 52.2 Å². The highest BCUT2D eigenvalue weighted by Crippen LogP contribution is 2.33. The molecule has 1 aliphatic rings. The van der Waals surface area contributed by atoms with Crippen molar-refractivity contribution in [1.82, 2.24) is 19.9 Å². The zero-order chi connectivity index (χ0) is 21.4. The van der Waals surface area contributed by atoms with Gasteiger partial charge in [0.25, 0.3) is 0 Å². The van der Waals surface area contributed by atoms with E-state index in [1.165, 1.54) is 11.1 Å². The molecule has 2 atom stereocenters. The number of hydrogen-bond donors (Lipinski definition) is 1. The molecule has 0 saturated carbocycles. The van der Waals surface area contributed by atoms with Gasteiger partial charge < -0.3 is 10.5 Å². The number of aromatic nitrogens is 3. The smallest absolute Gasteiger partial charge is 0.220 e. The van der Waals surface area contributed by atoms with E-state index in [0.29, 0.717) is 17.6 Å². The van der Waals surface area contributed by atoms with E-state index in [1.807, 2.05) is 24.4 Å². The molecule has 1 saturated heterocycles. The lowest BCUT2D eigenvalue weighted by atomic mass is 9.92. The molecule has 3 heterocycles. The lowest BCUT2D eigenvalue weighted by molar-refractivity contribution is -0.0411. The number of ether oxygens (including phenoxy) is 1. The van der Waals surface area contributed by atoms with Gasteiger partial charge in [0.05, 0.1) is 24.9 Å². The molecule has 1 aliphatic heterocycles. The van der Waals surface area contributed by atoms with Gasteiger partial charge in [0, 0.05) is 35.8 Å². The highest BCUT2D eigenvalue weighted by atomic mass is 19.1. The normalized spacial score (nSPS) is 20.2. The topological polar surface area (TPSA) is 77.2 Å². The van der Waals surface area contributed by atoms with Crippen LogP contribution in [0.1, 0.15) is 44.7 Å². The van der Waals surface area contributed by atoms with Crippen molar-refractivity contribution in [1.29, 1.82) is 0 Å². The summed E-state index contributed by atoms with van der Waals surface area (Å²) in [6.07, 6.45) is 3.09. The molecule has 2 unspecified atom stereocenters. The van der Waals surface area contributed by atoms with E-state index in [1.54, 1.807) is 0 Å². The Balaban J connectivity index is 1.82. The van der Waals surface area contributed by atoms with Gasteiger partial charge in [0.2, 0.25) is 5.95 Å². The number of fused-ring (bicyclic) bond motifs is 1. The summed E-state index contributed by atoms with van der Waals surface area (Å²) in [5.41, 5.74) is 9.88. The molecule has 0 amide bonds. The highest BCUT2D eigenvalue weighted by molar-refractivity contribution is 5.88. The Kier molecular flexibility index (Phi) is 5.66. The van der Waals surface area contributed by atoms with Crippen molar-refractivity contribution in [3.05, 3.63) is 47.5 Å². The molecule has 1 aromatic carbocycles. The zero-order valence-corrected chi connectivity index (χ0v) is 17.9. The predicted octanol–water partition coefficient (Wildman–Crippen LogP) is 4.15. The molecule has 6 nitrogen and oxygen atoms in total. The van der Waals surface area contributed by atoms with Crippen LogP contribution < -0.4 is 5.73 Å². The summed E-state index contributed by atoms with van der Waals surface area (Å²) in [4.78, 5) is 15.0. The van der Waals surface area contributed by atoms with Gasteiger partial charge >= 0.3 is 0 Å². The monoisotopic (exact) mass is 409 g/mol. The number of pyridine rings is 1. The summed E-state index contributed by atoms with van der Waals surface area (Å²) >= 11 is 0. The zero-order valence-electron chi connectivity index (χ0n) is 17.9. The number of hydrogen-bond acceptors (Lipinski definition) is 6. The van der Waals surface area contributed by atoms with Crippen molar-refractivity contribution in [3.63, 3.8) is 0 Å². The van der Waals surface area contributed by atoms with Crippen LogP contribution in [-0.4, -0.2) is 45.1 Å². The minimum absolute atomic E-state index is 0.0535. The molecule has 7 heteroatoms. The molecule has 4 rings (SSSR count). The van der Waals surface area contributed by atoms with Crippen molar-refractivity contribution in [2.75, 3.05) is 18.9 Å². The predicted molar refractivity (Wildman–Crippen MR) is 117 cm³/mol. The second kappa shape index (κ2) is 8.24. The van der Waals surface area contributed by atoms with Gasteiger partial charge in [-0.25, -0.2) is 14.4 Å². The number of rotatable bonds is 4. The summed E-state index contributed by atoms with van der Waals surface area (Å²) in [6.45, 7) is 11.0. The second-order valence-electron chi connectivity index (χ2n) is 8.42. The Bertz CT molecular complexity index is 1060. The van der Waals surface area contributed by atoms with Crippen LogP contribution in [0.3, 0.4) is 0 Å². The quantitative estimate of drug-likeness (QED) is 0.698. The van der Waals surface area contributed by atoms with E-state index < -0.39 is 5.82 Å². The van der Waals surface area contributed by atoms with Crippen LogP contribution in [0.5, 0.6) is 0 Å². The molecule has 2 N–H and O–H groups in total. The number of nitrogens with two attached hydrogens (primary N) is 1. The van der Waals surface area contributed by atoms with Gasteiger partial charge in [0.1, 0.15) is 5.69 Å². The number of halogens is 1. The average Bonchev–Trinajstić information content (AvgIpc) is 2.71. The minimum Gasteiger partial charge on any atom is -0.378 e. The average molecular weight is 410 g/mol. The third-order valence-corrected chi connectivity index (χ3v) is 5.81. The number of anilines is 1. The largest absolute Gasteiger partial charge is 0.378 e. The standard InChI is InChI=1S/C23H28FN5O/c1-13(2)21-17(10-29-14(3)11-30-12-15(29)4)8-26-20-6-5-16(7-18(20)21)22-19(24)9-27-23(25)28-22/h5-9,13-15H,10-12H2,1-4H3,(H2,25,27,28). The first kappa shape index (κ1) is 20.6. The summed E-state index contributed by atoms with van der Waals surface area (Å²) in [6, 6.07) is 6.40. The van der Waals surface area contributed by atoms with E-state index in [-0.39, 0.29) is 17.6 Å². The van der Waals surface area contributed by atoms with Crippen LogP contribution in [0, 0.1) is 5.82 Å². The van der Waals surface area contributed by atoms with Crippen LogP contribution in [0.15, 0.2) is 30.6 Å². The van der Waals surface area contributed by atoms with E-state index in [0.717, 1.165) is 36.9 Å². The lowest BCUT2D eigenvalue weighted by Gasteiger charge is -2.39. The van der Waals surface area contributed by atoms with Crippen molar-refractivity contribution >= 4 is 16.9 Å². The van der Waals surface area contributed by atoms with Gasteiger partial charge in [0.15, 0.2) is 5.82 Å². The summed E-state index contributed by atoms with van der Waals surface area (Å²) < 4.78 is 20.1. The molecule has 158 valence electrons. The van der Waals surface area contributed by atoms with Crippen molar-refractivity contribution in [3.8, 4) is 11.3 Å². The van der Waals surface area contributed by atoms with Gasteiger partial charge in [-0.2, -0.15) is 0 Å². The fourth-order valence-electron chi connectivity index (χ4n) is 4.34. The Morgan fingerprint density at radius 2 is 1.90 bits per heavy atom. The third kappa shape index (κ3) is 3.87. The maximum atomic E-state index is 14.4. The van der Waals surface area contributed by atoms with Crippen molar-refractivity contribution in [2.24, 2.45) is 0 Å². The SMILES string of the molecule is CC(C)c1c(CN2C(C)COCC2C)cnc2ccc(-c3nc(N)ncc3F)cc12. The summed E-state index contributed by atoms with van der Waals surface area (Å²) in [5.74, 6) is -0.153. The van der Waals surface area contributed by atoms with Crippen LogP contribution in [0.4, 0.5) is 10.3 Å². The molecule has 30 heavy (non-hydrogen) atoms. The molecule has 0 spiro atoms. The highest BCUT2D eigenvalue weighted by Gasteiger charge is 2.27. The van der Waals surface area contributed by atoms with E-state index in [9.17, 15) is 4.39 Å². The first-order valence-electron chi connectivity index (χ1n) is 10.4. The maximum absolute atomic E-state index is 14.4. The van der Waals surface area contributed by atoms with Gasteiger partial charge in [-0.1, -0.05) is 19.9 Å². The minimum atomic E-state index is -0.491. The maximum Gasteiger partial charge on any atom is 0.220 e. The fourth-order valence-corrected chi connectivity index (χ4v) is 4.34. The molecule has 0 aliphatic carbocycles. The Morgan fingerprint density at radius 1 is 1.17 bits per heavy atom. The molecular formula is C23H28FN5O. The number of nitrogens with zero attached hydrogens (tertiary/aromatic N) is 4. The van der Waals surface area contributed by atoms with Gasteiger partial charge in [-0.05, 0) is 43.0 Å². The lowest BCUT2D eigenvalue weighted by Crippen LogP contribution is -2.49. The third-order valence-electron chi connectivity index (χ3n) is 5.81. The van der Waals surface area contributed by atoms with Crippen LogP contribution in [0.25, 0.3) is 22.2 Å². The number of benzene rings is 1. The first-order chi connectivity index (χ1) is 14.3. The van der Waals surface area contributed by atoms with E-state index >= 15 is 0 Å². The molecule has 0 radical (unpaired) electrons. The van der Waals surface area contributed by atoms with Crippen LogP contribution in [-0.2, 0) is 11.3 Å². The van der Waals surface area contributed by atoms with Crippen molar-refractivity contribution < 1.29 is 9.13 Å². The summed E-state index contributed by atoms with van der Waals surface area (Å²) in [5, 5.41) is 1.02. The first-order valence-corrected chi connectivity index (χ1v) is 10.4. The summed E-state index contributed by atoms with van der Waals surface area (Å²) in [7, 11) is 0. The second-order valence-corrected chi connectivity index (χ2v) is 8.42. The van der Waals surface area contributed by atoms with E-state index in [2.05, 4.69) is 42.6 Å². The molecule has 1 fully saturated rings. The Morgan fingerprint density at radius 3 is 2.60 bits per heavy atom. The number of nitrogen functional groups attached to an aromatic ring is 1. The molecule has 3 aromatic rings. The van der Waals surface area contributed by atoms with Gasteiger partial charge in [-0.15, -0.1) is 0 Å². The Labute approximate surface area is 176 Å².